The second-order valence-electron chi connectivity index (χ2n) is 6.12. The Balaban J connectivity index is 1.62. The van der Waals surface area contributed by atoms with Crippen LogP contribution in [0.1, 0.15) is 11.4 Å². The molecule has 142 valence electrons. The highest BCUT2D eigenvalue weighted by Gasteiger charge is 2.09. The predicted molar refractivity (Wildman–Crippen MR) is 113 cm³/mol. The van der Waals surface area contributed by atoms with Crippen LogP contribution in [0.5, 0.6) is 0 Å². The molecule has 0 amide bonds. The van der Waals surface area contributed by atoms with Gasteiger partial charge in [0.25, 0.3) is 5.69 Å². The van der Waals surface area contributed by atoms with Crippen LogP contribution in [0.3, 0.4) is 0 Å². The zero-order valence-corrected chi connectivity index (χ0v) is 15.2. The largest absolute Gasteiger partial charge is 0.335 e. The number of H-pyrrole nitrogens is 1. The minimum absolute atomic E-state index is 0.0312. The maximum absolute atomic E-state index is 10.8. The van der Waals surface area contributed by atoms with Crippen LogP contribution in [0.25, 0.3) is 11.0 Å². The number of nitrogens with zero attached hydrogens (tertiary/aromatic N) is 4. The van der Waals surface area contributed by atoms with Gasteiger partial charge in [-0.25, -0.2) is 9.98 Å². The molecule has 1 aromatic heterocycles. The van der Waals surface area contributed by atoms with Crippen LogP contribution in [0, 0.1) is 10.1 Å². The van der Waals surface area contributed by atoms with Crippen molar-refractivity contribution in [1.82, 2.24) is 15.4 Å². The van der Waals surface area contributed by atoms with E-state index in [4.69, 9.17) is 0 Å². The lowest BCUT2D eigenvalue weighted by Gasteiger charge is -2.03. The normalized spacial score (nSPS) is 11.8. The van der Waals surface area contributed by atoms with Gasteiger partial charge in [-0.3, -0.25) is 15.5 Å². The Morgan fingerprint density at radius 3 is 2.45 bits per heavy atom. The molecule has 0 unspecified atom stereocenters. The molecule has 4 aromatic rings. The number of hydrogen-bond donors (Lipinski definition) is 2. The molecule has 29 heavy (non-hydrogen) atoms. The van der Waals surface area contributed by atoms with Crippen molar-refractivity contribution in [3.63, 3.8) is 0 Å². The van der Waals surface area contributed by atoms with Crippen molar-refractivity contribution in [3.8, 4) is 0 Å². The Morgan fingerprint density at radius 2 is 1.72 bits per heavy atom. The van der Waals surface area contributed by atoms with Gasteiger partial charge in [0.05, 0.1) is 27.9 Å². The average Bonchev–Trinajstić information content (AvgIpc) is 3.18. The number of imidazole rings is 1. The highest BCUT2D eigenvalue weighted by Crippen LogP contribution is 2.15. The highest BCUT2D eigenvalue weighted by atomic mass is 16.6. The topological polar surface area (TPSA) is 109 Å². The molecule has 0 saturated carbocycles. The number of nitro groups is 1. The summed E-state index contributed by atoms with van der Waals surface area (Å²) in [5, 5.41) is 15.0. The molecule has 0 spiro atoms. The van der Waals surface area contributed by atoms with Crippen molar-refractivity contribution in [3.05, 3.63) is 100 Å². The number of aromatic nitrogens is 2. The van der Waals surface area contributed by atoms with Crippen LogP contribution in [0.4, 0.5) is 11.4 Å². The van der Waals surface area contributed by atoms with E-state index in [1.807, 2.05) is 54.6 Å². The van der Waals surface area contributed by atoms with Crippen LogP contribution in [-0.4, -0.2) is 26.9 Å². The number of para-hydroxylation sites is 3. The molecule has 0 saturated heterocycles. The van der Waals surface area contributed by atoms with Gasteiger partial charge in [0.1, 0.15) is 0 Å². The van der Waals surface area contributed by atoms with Crippen molar-refractivity contribution >= 4 is 34.5 Å². The number of benzene rings is 3. The summed E-state index contributed by atoms with van der Waals surface area (Å²) in [4.78, 5) is 22.7. The van der Waals surface area contributed by atoms with Crippen LogP contribution in [0.15, 0.2) is 89.0 Å². The number of amidine groups is 1. The third-order valence-corrected chi connectivity index (χ3v) is 4.10. The average molecular weight is 384 g/mol. The number of hydrogen-bond acceptors (Lipinski definition) is 5. The molecule has 0 aliphatic rings. The van der Waals surface area contributed by atoms with Gasteiger partial charge in [0, 0.05) is 12.1 Å². The molecule has 8 heteroatoms. The van der Waals surface area contributed by atoms with Gasteiger partial charge in [0.2, 0.25) is 0 Å². The Labute approximate surface area is 165 Å². The molecule has 0 radical (unpaired) electrons. The molecular formula is C21H16N6O2. The maximum Gasteiger partial charge on any atom is 0.269 e. The first-order chi connectivity index (χ1) is 14.2. The lowest BCUT2D eigenvalue weighted by Crippen LogP contribution is -2.20. The van der Waals surface area contributed by atoms with Gasteiger partial charge < -0.3 is 4.98 Å². The first-order valence-corrected chi connectivity index (χ1v) is 8.81. The summed E-state index contributed by atoms with van der Waals surface area (Å²) in [6, 6.07) is 23.3. The van der Waals surface area contributed by atoms with E-state index in [1.165, 1.54) is 12.1 Å². The number of nitrogens with one attached hydrogen (secondary N) is 2. The zero-order valence-electron chi connectivity index (χ0n) is 15.2. The van der Waals surface area contributed by atoms with E-state index in [0.29, 0.717) is 17.2 Å². The summed E-state index contributed by atoms with van der Waals surface area (Å²) < 4.78 is 0. The smallest absolute Gasteiger partial charge is 0.269 e. The van der Waals surface area contributed by atoms with Crippen molar-refractivity contribution in [2.24, 2.45) is 10.1 Å². The van der Waals surface area contributed by atoms with Crippen LogP contribution < -0.4 is 5.43 Å². The molecule has 0 aliphatic heterocycles. The highest BCUT2D eigenvalue weighted by molar-refractivity contribution is 6.00. The van der Waals surface area contributed by atoms with E-state index in [9.17, 15) is 10.1 Å². The van der Waals surface area contributed by atoms with Gasteiger partial charge in [0.15, 0.2) is 11.7 Å². The summed E-state index contributed by atoms with van der Waals surface area (Å²) >= 11 is 0. The molecule has 4 rings (SSSR count). The molecule has 2 N–H and O–H groups in total. The summed E-state index contributed by atoms with van der Waals surface area (Å²) in [6.07, 6.45) is 1.56. The van der Waals surface area contributed by atoms with Gasteiger partial charge >= 0.3 is 0 Å². The number of aromatic amines is 1. The predicted octanol–water partition coefficient (Wildman–Crippen LogP) is 4.17. The second kappa shape index (κ2) is 8.13. The molecular weight excluding hydrogens is 368 g/mol. The van der Waals surface area contributed by atoms with Crippen molar-refractivity contribution < 1.29 is 4.92 Å². The fraction of sp³-hybridized carbons (Fsp3) is 0. The number of aliphatic imine (C=N–C) groups is 1. The molecule has 8 nitrogen and oxygen atoms in total. The Hall–Kier alpha value is -4.33. The molecule has 0 aliphatic carbocycles. The van der Waals surface area contributed by atoms with E-state index >= 15 is 0 Å². The van der Waals surface area contributed by atoms with Crippen LogP contribution in [0.2, 0.25) is 0 Å². The minimum Gasteiger partial charge on any atom is -0.335 e. The molecule has 0 fully saturated rings. The number of hydrazone groups is 1. The molecule has 3 aromatic carbocycles. The summed E-state index contributed by atoms with van der Waals surface area (Å²) in [6.45, 7) is 0. The van der Waals surface area contributed by atoms with Crippen molar-refractivity contribution in [2.75, 3.05) is 0 Å². The number of fused-ring (bicyclic) bond motifs is 1. The number of non-ortho nitro benzene ring substituents is 1. The Bertz CT molecular complexity index is 1160. The van der Waals surface area contributed by atoms with Crippen molar-refractivity contribution in [2.45, 2.75) is 0 Å². The van der Waals surface area contributed by atoms with E-state index in [2.05, 4.69) is 25.5 Å². The Morgan fingerprint density at radius 1 is 1.00 bits per heavy atom. The second-order valence-corrected chi connectivity index (χ2v) is 6.12. The number of rotatable bonds is 5. The first-order valence-electron chi connectivity index (χ1n) is 8.81. The maximum atomic E-state index is 10.8. The standard InChI is InChI=1S/C21H16N6O2/c28-27(29)17-12-10-15(11-13-17)14-22-26-21(23-16-6-2-1-3-7-16)20-24-18-8-4-5-9-19(18)25-20/h1-14H,(H,23,26)(H,24,25). The summed E-state index contributed by atoms with van der Waals surface area (Å²) in [7, 11) is 0. The van der Waals surface area contributed by atoms with E-state index < -0.39 is 4.92 Å². The summed E-state index contributed by atoms with van der Waals surface area (Å²) in [5.41, 5.74) is 6.14. The fourth-order valence-corrected chi connectivity index (χ4v) is 2.68. The van der Waals surface area contributed by atoms with E-state index in [1.54, 1.807) is 18.3 Å². The number of nitro benzene ring substituents is 1. The quantitative estimate of drug-likeness (QED) is 0.233. The minimum atomic E-state index is -0.439. The zero-order chi connectivity index (χ0) is 20.1. The third-order valence-electron chi connectivity index (χ3n) is 4.10. The van der Waals surface area contributed by atoms with Crippen LogP contribution in [-0.2, 0) is 0 Å². The van der Waals surface area contributed by atoms with E-state index in [-0.39, 0.29) is 5.69 Å². The monoisotopic (exact) mass is 384 g/mol. The molecule has 1 heterocycles. The SMILES string of the molecule is O=[N+]([O-])c1ccc(C=NNC(=Nc2ccccc2)c2nc3ccccc3[nH]2)cc1. The summed E-state index contributed by atoms with van der Waals surface area (Å²) in [5.74, 6) is 1.00. The van der Waals surface area contributed by atoms with Gasteiger partial charge in [-0.2, -0.15) is 5.10 Å². The first kappa shape index (κ1) is 18.1. The van der Waals surface area contributed by atoms with Crippen LogP contribution >= 0.6 is 0 Å². The van der Waals surface area contributed by atoms with Crippen molar-refractivity contribution in [1.29, 1.82) is 0 Å². The lowest BCUT2D eigenvalue weighted by atomic mass is 10.2. The fourth-order valence-electron chi connectivity index (χ4n) is 2.68. The van der Waals surface area contributed by atoms with Gasteiger partial charge in [-0.15, -0.1) is 0 Å². The molecule has 0 bridgehead atoms. The van der Waals surface area contributed by atoms with Gasteiger partial charge in [-0.05, 0) is 42.0 Å². The molecule has 0 atom stereocenters. The van der Waals surface area contributed by atoms with E-state index in [0.717, 1.165) is 16.7 Å². The third kappa shape index (κ3) is 4.33. The lowest BCUT2D eigenvalue weighted by molar-refractivity contribution is -0.384. The van der Waals surface area contributed by atoms with Gasteiger partial charge in [-0.1, -0.05) is 30.3 Å². The Kier molecular flexibility index (Phi) is 5.06.